The summed E-state index contributed by atoms with van der Waals surface area (Å²) in [6, 6.07) is 17.2. The van der Waals surface area contributed by atoms with Crippen LogP contribution in [0.15, 0.2) is 70.1 Å². The lowest BCUT2D eigenvalue weighted by molar-refractivity contribution is -0.118. The number of amides is 1. The summed E-state index contributed by atoms with van der Waals surface area (Å²) < 4.78 is 2.10. The Balaban J connectivity index is 1.44. The van der Waals surface area contributed by atoms with Crippen LogP contribution in [0.3, 0.4) is 0 Å². The van der Waals surface area contributed by atoms with E-state index in [-0.39, 0.29) is 18.0 Å². The number of para-hydroxylation sites is 1. The van der Waals surface area contributed by atoms with E-state index in [4.69, 9.17) is 0 Å². The van der Waals surface area contributed by atoms with E-state index < -0.39 is 0 Å². The van der Waals surface area contributed by atoms with E-state index >= 15 is 0 Å². The quantitative estimate of drug-likeness (QED) is 0.350. The van der Waals surface area contributed by atoms with Crippen molar-refractivity contribution in [1.82, 2.24) is 19.7 Å². The molecule has 0 aliphatic heterocycles. The topological polar surface area (TPSA) is 81.0 Å². The molecule has 0 fully saturated rings. The van der Waals surface area contributed by atoms with Crippen LogP contribution in [0.4, 0.5) is 5.13 Å². The van der Waals surface area contributed by atoms with Crippen molar-refractivity contribution in [1.29, 1.82) is 0 Å². The average Bonchev–Trinajstić information content (AvgIpc) is 3.23. The minimum absolute atomic E-state index is 0.112. The van der Waals surface area contributed by atoms with Gasteiger partial charge in [-0.05, 0) is 17.7 Å². The standard InChI is InChI=1S/C20H17N5O2S2/c1-24(19-22-23-20(29-19)28-12-14-7-3-2-4-8-14)17(26)11-25-13-21-16-10-6-5-9-15(16)18(25)27/h2-10,13H,11-12H2,1H3. The molecule has 0 aliphatic carbocycles. The Bertz CT molecular complexity index is 1210. The molecule has 2 aromatic heterocycles. The summed E-state index contributed by atoms with van der Waals surface area (Å²) in [5.41, 5.74) is 1.56. The Kier molecular flexibility index (Phi) is 5.68. The highest BCUT2D eigenvalue weighted by Gasteiger charge is 2.17. The van der Waals surface area contributed by atoms with Crippen LogP contribution in [0, 0.1) is 0 Å². The molecule has 4 rings (SSSR count). The summed E-state index contributed by atoms with van der Waals surface area (Å²) in [4.78, 5) is 30.9. The average molecular weight is 424 g/mol. The first-order valence-corrected chi connectivity index (χ1v) is 10.6. The molecule has 0 atom stereocenters. The first-order valence-electron chi connectivity index (χ1n) is 8.83. The minimum Gasteiger partial charge on any atom is -0.289 e. The molecule has 7 nitrogen and oxygen atoms in total. The highest BCUT2D eigenvalue weighted by Crippen LogP contribution is 2.29. The molecule has 0 saturated carbocycles. The zero-order valence-electron chi connectivity index (χ0n) is 15.6. The van der Waals surface area contributed by atoms with Crippen LogP contribution in [-0.4, -0.2) is 32.7 Å². The van der Waals surface area contributed by atoms with Crippen LogP contribution in [0.5, 0.6) is 0 Å². The van der Waals surface area contributed by atoms with Gasteiger partial charge in [-0.25, -0.2) is 4.98 Å². The first kappa shape index (κ1) is 19.3. The number of hydrogen-bond donors (Lipinski definition) is 0. The van der Waals surface area contributed by atoms with Crippen LogP contribution in [0.1, 0.15) is 5.56 Å². The number of rotatable bonds is 6. The Labute approximate surface area is 175 Å². The molecular formula is C20H17N5O2S2. The Morgan fingerprint density at radius 2 is 1.86 bits per heavy atom. The van der Waals surface area contributed by atoms with Gasteiger partial charge in [-0.3, -0.25) is 19.1 Å². The van der Waals surface area contributed by atoms with Gasteiger partial charge in [0.05, 0.1) is 17.2 Å². The smallest absolute Gasteiger partial charge is 0.261 e. The molecular weight excluding hydrogens is 406 g/mol. The van der Waals surface area contributed by atoms with Gasteiger partial charge in [0.25, 0.3) is 5.56 Å². The van der Waals surface area contributed by atoms with E-state index in [1.165, 1.54) is 32.7 Å². The largest absolute Gasteiger partial charge is 0.289 e. The molecule has 0 radical (unpaired) electrons. The van der Waals surface area contributed by atoms with E-state index in [9.17, 15) is 9.59 Å². The number of hydrogen-bond acceptors (Lipinski definition) is 7. The Morgan fingerprint density at radius 1 is 1.10 bits per heavy atom. The maximum atomic E-state index is 12.7. The maximum Gasteiger partial charge on any atom is 0.261 e. The lowest BCUT2D eigenvalue weighted by Crippen LogP contribution is -2.34. The minimum atomic E-state index is -0.264. The van der Waals surface area contributed by atoms with Crippen LogP contribution in [0.25, 0.3) is 10.9 Å². The molecule has 0 N–H and O–H groups in total. The molecule has 29 heavy (non-hydrogen) atoms. The summed E-state index contributed by atoms with van der Waals surface area (Å²) in [6.07, 6.45) is 1.40. The number of nitrogens with zero attached hydrogens (tertiary/aromatic N) is 5. The molecule has 1 amide bonds. The fourth-order valence-electron chi connectivity index (χ4n) is 2.69. The molecule has 0 aliphatic rings. The van der Waals surface area contributed by atoms with E-state index in [1.807, 2.05) is 24.3 Å². The van der Waals surface area contributed by atoms with Gasteiger partial charge >= 0.3 is 0 Å². The number of aromatic nitrogens is 4. The molecule has 2 aromatic carbocycles. The van der Waals surface area contributed by atoms with Crippen LogP contribution < -0.4 is 10.5 Å². The second-order valence-corrected chi connectivity index (χ2v) is 8.45. The van der Waals surface area contributed by atoms with Gasteiger partial charge in [-0.15, -0.1) is 10.2 Å². The number of anilines is 1. The normalized spacial score (nSPS) is 10.9. The highest BCUT2D eigenvalue weighted by molar-refractivity contribution is 8.00. The fourth-order valence-corrected chi connectivity index (χ4v) is 4.47. The summed E-state index contributed by atoms with van der Waals surface area (Å²) in [5, 5.41) is 9.25. The van der Waals surface area contributed by atoms with Crippen LogP contribution in [0.2, 0.25) is 0 Å². The predicted octanol–water partition coefficient (Wildman–Crippen LogP) is 3.20. The Morgan fingerprint density at radius 3 is 2.69 bits per heavy atom. The molecule has 0 saturated heterocycles. The molecule has 2 heterocycles. The van der Waals surface area contributed by atoms with Crippen LogP contribution in [-0.2, 0) is 17.1 Å². The van der Waals surface area contributed by atoms with Gasteiger partial charge in [0, 0.05) is 12.8 Å². The van der Waals surface area contributed by atoms with Gasteiger partial charge in [0.1, 0.15) is 6.54 Å². The van der Waals surface area contributed by atoms with Crippen molar-refractivity contribution in [3.05, 3.63) is 76.8 Å². The third-order valence-corrected chi connectivity index (χ3v) is 6.50. The van der Waals surface area contributed by atoms with Crippen molar-refractivity contribution in [2.24, 2.45) is 0 Å². The molecule has 9 heteroatoms. The summed E-state index contributed by atoms with van der Waals surface area (Å²) >= 11 is 2.92. The van der Waals surface area contributed by atoms with E-state index in [0.29, 0.717) is 16.0 Å². The van der Waals surface area contributed by atoms with Gasteiger partial charge in [-0.1, -0.05) is 65.6 Å². The SMILES string of the molecule is CN(C(=O)Cn1cnc2ccccc2c1=O)c1nnc(SCc2ccccc2)s1. The van der Waals surface area contributed by atoms with Crippen molar-refractivity contribution >= 4 is 45.0 Å². The molecule has 0 bridgehead atoms. The number of benzene rings is 2. The maximum absolute atomic E-state index is 12.7. The van der Waals surface area contributed by atoms with Crippen LogP contribution >= 0.6 is 23.1 Å². The van der Waals surface area contributed by atoms with Gasteiger partial charge in [0.2, 0.25) is 11.0 Å². The number of thioether (sulfide) groups is 1. The monoisotopic (exact) mass is 423 g/mol. The highest BCUT2D eigenvalue weighted by atomic mass is 32.2. The lowest BCUT2D eigenvalue weighted by atomic mass is 10.2. The third-order valence-electron chi connectivity index (χ3n) is 4.30. The van der Waals surface area contributed by atoms with E-state index in [0.717, 1.165) is 10.1 Å². The van der Waals surface area contributed by atoms with Crippen molar-refractivity contribution < 1.29 is 4.79 Å². The number of carbonyl (C=O) groups is 1. The number of fused-ring (bicyclic) bond motifs is 1. The predicted molar refractivity (Wildman–Crippen MR) is 115 cm³/mol. The molecule has 0 spiro atoms. The fraction of sp³-hybridized carbons (Fsp3) is 0.150. The van der Waals surface area contributed by atoms with Gasteiger partial charge in [0.15, 0.2) is 4.34 Å². The molecule has 146 valence electrons. The Hall–Kier alpha value is -3.04. The van der Waals surface area contributed by atoms with Crippen molar-refractivity contribution in [2.75, 3.05) is 11.9 Å². The van der Waals surface area contributed by atoms with Crippen molar-refractivity contribution in [3.63, 3.8) is 0 Å². The first-order chi connectivity index (χ1) is 14.1. The van der Waals surface area contributed by atoms with Gasteiger partial charge < -0.3 is 0 Å². The zero-order chi connectivity index (χ0) is 20.2. The van der Waals surface area contributed by atoms with Crippen molar-refractivity contribution in [2.45, 2.75) is 16.6 Å². The molecule has 0 unspecified atom stereocenters. The number of carbonyl (C=O) groups excluding carboxylic acids is 1. The summed E-state index contributed by atoms with van der Waals surface area (Å²) in [7, 11) is 1.63. The third kappa shape index (κ3) is 4.36. The summed E-state index contributed by atoms with van der Waals surface area (Å²) in [6.45, 7) is -0.112. The van der Waals surface area contributed by atoms with Crippen molar-refractivity contribution in [3.8, 4) is 0 Å². The van der Waals surface area contributed by atoms with E-state index in [1.54, 1.807) is 37.0 Å². The van der Waals surface area contributed by atoms with Gasteiger partial charge in [-0.2, -0.15) is 0 Å². The van der Waals surface area contributed by atoms with E-state index in [2.05, 4.69) is 27.3 Å². The zero-order valence-corrected chi connectivity index (χ0v) is 17.2. The summed E-state index contributed by atoms with van der Waals surface area (Å²) in [5.74, 6) is 0.519. The number of likely N-dealkylation sites (N-methyl/N-ethyl adjacent to an activating group) is 1. The second-order valence-electron chi connectivity index (χ2n) is 6.27. The second kappa shape index (κ2) is 8.54. The molecule has 4 aromatic rings. The lowest BCUT2D eigenvalue weighted by Gasteiger charge is -2.14.